The number of carbonyl (C=O) groups is 1. The number of H-pyrrole nitrogens is 1. The number of para-hydroxylation sites is 1. The summed E-state index contributed by atoms with van der Waals surface area (Å²) >= 11 is -1.99. The quantitative estimate of drug-likeness (QED) is 0.290. The molecule has 0 saturated carbocycles. The highest BCUT2D eigenvalue weighted by Crippen LogP contribution is 2.32. The molecule has 1 aliphatic heterocycles. The number of nitrogens with one attached hydrogen (secondary N) is 3. The summed E-state index contributed by atoms with van der Waals surface area (Å²) in [7, 11) is 0. The van der Waals surface area contributed by atoms with Crippen LogP contribution in [0.1, 0.15) is 29.9 Å². The van der Waals surface area contributed by atoms with E-state index in [1.54, 1.807) is 30.6 Å². The summed E-state index contributed by atoms with van der Waals surface area (Å²) in [6.07, 6.45) is 5.57. The highest BCUT2D eigenvalue weighted by Gasteiger charge is 2.24. The molecular weight excluding hydrogens is 464 g/mol. The molecule has 0 bridgehead atoms. The van der Waals surface area contributed by atoms with Crippen LogP contribution in [-0.4, -0.2) is 42.8 Å². The number of fused-ring (bicyclic) bond motifs is 1. The van der Waals surface area contributed by atoms with Crippen molar-refractivity contribution < 1.29 is 13.6 Å². The fourth-order valence-corrected chi connectivity index (χ4v) is 5.13. The van der Waals surface area contributed by atoms with E-state index >= 15 is 0 Å². The van der Waals surface area contributed by atoms with E-state index in [9.17, 15) is 13.6 Å². The Morgan fingerprint density at radius 1 is 1.14 bits per heavy atom. The van der Waals surface area contributed by atoms with Crippen LogP contribution in [-0.2, 0) is 16.8 Å². The molecule has 2 aromatic heterocycles. The summed E-state index contributed by atoms with van der Waals surface area (Å²) in [5, 5.41) is 6.69. The lowest BCUT2D eigenvalue weighted by Crippen LogP contribution is -2.35. The SMILES string of the molecule is O=C(Nc1cccc(C2CCCN(c3ncnc4[nH]ccc34)C2)c1)Nc1ccccc1CS(=O)O. The molecule has 35 heavy (non-hydrogen) atoms. The van der Waals surface area contributed by atoms with Gasteiger partial charge in [-0.15, -0.1) is 0 Å². The summed E-state index contributed by atoms with van der Waals surface area (Å²) < 4.78 is 20.4. The van der Waals surface area contributed by atoms with Crippen molar-refractivity contribution >= 4 is 45.3 Å². The third kappa shape index (κ3) is 5.33. The Morgan fingerprint density at radius 3 is 2.91 bits per heavy atom. The third-order valence-corrected chi connectivity index (χ3v) is 6.77. The van der Waals surface area contributed by atoms with Gasteiger partial charge in [0.15, 0.2) is 11.1 Å². The average molecular weight is 491 g/mol. The van der Waals surface area contributed by atoms with Crippen molar-refractivity contribution in [1.29, 1.82) is 0 Å². The molecular formula is C25H26N6O3S. The standard InChI is InChI=1S/C25H26N6O3S/c32-25(30-22-9-2-1-5-19(22)15-35(33)34)29-20-8-3-6-17(13-20)18-7-4-12-31(14-18)24-21-10-11-26-23(21)27-16-28-24/h1-3,5-6,8-11,13,16,18H,4,7,12,14-15H2,(H,33,34)(H,26,27,28)(H2,29,30,32). The van der Waals surface area contributed by atoms with E-state index in [-0.39, 0.29) is 5.75 Å². The Morgan fingerprint density at radius 2 is 2.03 bits per heavy atom. The lowest BCUT2D eigenvalue weighted by molar-refractivity contribution is 0.262. The number of carbonyl (C=O) groups excluding carboxylic acids is 1. The summed E-state index contributed by atoms with van der Waals surface area (Å²) in [5.41, 5.74) is 3.78. The van der Waals surface area contributed by atoms with Gasteiger partial charge in [0.1, 0.15) is 17.8 Å². The van der Waals surface area contributed by atoms with Gasteiger partial charge < -0.3 is 25.1 Å². The normalized spacial score (nSPS) is 16.7. The first-order valence-corrected chi connectivity index (χ1v) is 12.7. The lowest BCUT2D eigenvalue weighted by Gasteiger charge is -2.34. The van der Waals surface area contributed by atoms with Gasteiger partial charge in [-0.25, -0.2) is 19.0 Å². The van der Waals surface area contributed by atoms with Crippen LogP contribution in [0.3, 0.4) is 0 Å². The molecule has 1 aliphatic rings. The second kappa shape index (κ2) is 10.2. The van der Waals surface area contributed by atoms with E-state index in [1.165, 1.54) is 0 Å². The molecule has 3 heterocycles. The molecule has 0 spiro atoms. The van der Waals surface area contributed by atoms with Gasteiger partial charge in [-0.05, 0) is 48.2 Å². The topological polar surface area (TPSA) is 123 Å². The molecule has 1 saturated heterocycles. The summed E-state index contributed by atoms with van der Waals surface area (Å²) in [5.74, 6) is 1.20. The molecule has 180 valence electrons. The van der Waals surface area contributed by atoms with Crippen molar-refractivity contribution in [3.05, 3.63) is 78.2 Å². The third-order valence-electron chi connectivity index (χ3n) is 6.21. The van der Waals surface area contributed by atoms with Gasteiger partial charge in [0.05, 0.1) is 11.1 Å². The number of benzene rings is 2. The maximum Gasteiger partial charge on any atom is 0.323 e. The summed E-state index contributed by atoms with van der Waals surface area (Å²) in [6, 6.07) is 16.5. The number of anilines is 3. The Bertz CT molecular complexity index is 1370. The van der Waals surface area contributed by atoms with Crippen molar-refractivity contribution in [2.45, 2.75) is 24.5 Å². The minimum atomic E-state index is -1.99. The van der Waals surface area contributed by atoms with Gasteiger partial charge in [0, 0.05) is 36.6 Å². The largest absolute Gasteiger partial charge is 0.355 e. The van der Waals surface area contributed by atoms with Crippen LogP contribution in [0.5, 0.6) is 0 Å². The summed E-state index contributed by atoms with van der Waals surface area (Å²) in [6.45, 7) is 1.77. The first-order valence-electron chi connectivity index (χ1n) is 11.4. The molecule has 2 atom stereocenters. The van der Waals surface area contributed by atoms with Crippen LogP contribution in [0.15, 0.2) is 67.1 Å². The van der Waals surface area contributed by atoms with E-state index in [1.807, 2.05) is 30.5 Å². The van der Waals surface area contributed by atoms with Gasteiger partial charge in [-0.3, -0.25) is 0 Å². The number of aromatic nitrogens is 3. The van der Waals surface area contributed by atoms with Crippen molar-refractivity contribution in [1.82, 2.24) is 15.0 Å². The van der Waals surface area contributed by atoms with Crippen LogP contribution in [0.4, 0.5) is 22.0 Å². The van der Waals surface area contributed by atoms with Crippen LogP contribution < -0.4 is 15.5 Å². The van der Waals surface area contributed by atoms with Crippen molar-refractivity contribution in [2.75, 3.05) is 28.6 Å². The smallest absolute Gasteiger partial charge is 0.323 e. The Labute approximate surface area is 205 Å². The molecule has 10 heteroatoms. The number of hydrogen-bond acceptors (Lipinski definition) is 5. The maximum absolute atomic E-state index is 12.7. The second-order valence-corrected chi connectivity index (χ2v) is 9.48. The fourth-order valence-electron chi connectivity index (χ4n) is 4.61. The number of nitrogens with zero attached hydrogens (tertiary/aromatic N) is 3. The Balaban J connectivity index is 1.28. The molecule has 2 unspecified atom stereocenters. The zero-order valence-corrected chi connectivity index (χ0v) is 19.8. The number of piperidine rings is 1. The van der Waals surface area contributed by atoms with E-state index in [2.05, 4.69) is 36.6 Å². The molecule has 4 aromatic rings. The summed E-state index contributed by atoms with van der Waals surface area (Å²) in [4.78, 5) is 27.0. The highest BCUT2D eigenvalue weighted by molar-refractivity contribution is 7.78. The van der Waals surface area contributed by atoms with Gasteiger partial charge in [0.2, 0.25) is 0 Å². The highest BCUT2D eigenvalue weighted by atomic mass is 32.2. The molecule has 0 radical (unpaired) electrons. The van der Waals surface area contributed by atoms with Crippen LogP contribution in [0, 0.1) is 0 Å². The first-order chi connectivity index (χ1) is 17.1. The number of rotatable bonds is 6. The monoisotopic (exact) mass is 490 g/mol. The second-order valence-electron chi connectivity index (χ2n) is 8.55. The number of amides is 2. The van der Waals surface area contributed by atoms with Crippen LogP contribution in [0.25, 0.3) is 11.0 Å². The van der Waals surface area contributed by atoms with Crippen molar-refractivity contribution in [2.24, 2.45) is 0 Å². The Hall–Kier alpha value is -3.76. The zero-order chi connectivity index (χ0) is 24.2. The van der Waals surface area contributed by atoms with Gasteiger partial charge in [-0.1, -0.05) is 30.3 Å². The minimum absolute atomic E-state index is 0.0501. The predicted molar refractivity (Wildman–Crippen MR) is 138 cm³/mol. The van der Waals surface area contributed by atoms with Gasteiger partial charge >= 0.3 is 6.03 Å². The first kappa shape index (κ1) is 23.0. The molecule has 0 aliphatic carbocycles. The number of aromatic amines is 1. The molecule has 1 fully saturated rings. The maximum atomic E-state index is 12.7. The molecule has 4 N–H and O–H groups in total. The number of urea groups is 1. The predicted octanol–water partition coefficient (Wildman–Crippen LogP) is 4.71. The molecule has 2 amide bonds. The van der Waals surface area contributed by atoms with Gasteiger partial charge in [-0.2, -0.15) is 0 Å². The van der Waals surface area contributed by atoms with Crippen LogP contribution >= 0.6 is 0 Å². The minimum Gasteiger partial charge on any atom is -0.355 e. The zero-order valence-electron chi connectivity index (χ0n) is 19.0. The number of hydrogen-bond donors (Lipinski definition) is 4. The van der Waals surface area contributed by atoms with Crippen LogP contribution in [0.2, 0.25) is 0 Å². The lowest BCUT2D eigenvalue weighted by atomic mass is 9.90. The Kier molecular flexibility index (Phi) is 6.73. The molecule has 5 rings (SSSR count). The fraction of sp³-hybridized carbons (Fsp3) is 0.240. The van der Waals surface area contributed by atoms with Crippen molar-refractivity contribution in [3.8, 4) is 0 Å². The molecule has 9 nitrogen and oxygen atoms in total. The van der Waals surface area contributed by atoms with Gasteiger partial charge in [0.25, 0.3) is 0 Å². The van der Waals surface area contributed by atoms with E-state index in [0.29, 0.717) is 22.9 Å². The molecule has 2 aromatic carbocycles. The van der Waals surface area contributed by atoms with E-state index in [4.69, 9.17) is 0 Å². The average Bonchev–Trinajstić information content (AvgIpc) is 3.34. The van der Waals surface area contributed by atoms with E-state index < -0.39 is 17.1 Å². The van der Waals surface area contributed by atoms with Crippen molar-refractivity contribution in [3.63, 3.8) is 0 Å². The van der Waals surface area contributed by atoms with E-state index in [0.717, 1.165) is 48.3 Å².